The Hall–Kier alpha value is -2.77. The number of hydrogen-bond acceptors (Lipinski definition) is 5. The van der Waals surface area contributed by atoms with Gasteiger partial charge in [0.05, 0.1) is 0 Å². The van der Waals surface area contributed by atoms with E-state index in [9.17, 15) is 9.59 Å². The third-order valence-electron chi connectivity index (χ3n) is 3.48. The Kier molecular flexibility index (Phi) is 6.41. The van der Waals surface area contributed by atoms with E-state index in [0.29, 0.717) is 18.8 Å². The highest BCUT2D eigenvalue weighted by atomic mass is 16.2. The predicted molar refractivity (Wildman–Crippen MR) is 90.0 cm³/mol. The Morgan fingerprint density at radius 1 is 1.21 bits per heavy atom. The summed E-state index contributed by atoms with van der Waals surface area (Å²) in [7, 11) is 1.77. The number of aryl methyl sites for hydroxylation is 1. The third kappa shape index (κ3) is 5.45. The van der Waals surface area contributed by atoms with E-state index in [1.807, 2.05) is 24.3 Å². The van der Waals surface area contributed by atoms with Gasteiger partial charge in [0, 0.05) is 38.2 Å². The number of amides is 2. The Bertz CT molecular complexity index is 697. The van der Waals surface area contributed by atoms with Crippen LogP contribution in [-0.4, -0.2) is 38.6 Å². The van der Waals surface area contributed by atoms with Crippen LogP contribution in [0.15, 0.2) is 24.3 Å². The summed E-state index contributed by atoms with van der Waals surface area (Å²) in [5.41, 5.74) is 1.56. The van der Waals surface area contributed by atoms with Gasteiger partial charge in [0.2, 0.25) is 11.8 Å². The molecular weight excluding hydrogens is 308 g/mol. The van der Waals surface area contributed by atoms with E-state index in [4.69, 9.17) is 0 Å². The molecule has 0 aliphatic rings. The first-order valence-corrected chi connectivity index (χ1v) is 7.93. The van der Waals surface area contributed by atoms with Crippen molar-refractivity contribution >= 4 is 17.5 Å². The lowest BCUT2D eigenvalue weighted by Crippen LogP contribution is -2.20. The molecule has 1 heterocycles. The van der Waals surface area contributed by atoms with E-state index in [0.717, 1.165) is 30.5 Å². The summed E-state index contributed by atoms with van der Waals surface area (Å²) >= 11 is 0. The smallest absolute Gasteiger partial charge is 0.224 e. The number of nitrogens with one attached hydrogen (secondary N) is 2. The average molecular weight is 330 g/mol. The number of carbonyl (C=O) groups excluding carboxylic acids is 2. The summed E-state index contributed by atoms with van der Waals surface area (Å²) in [6, 6.07) is 7.43. The fourth-order valence-corrected chi connectivity index (χ4v) is 2.29. The number of nitrogens with zero attached hydrogens (tertiary/aromatic N) is 4. The highest BCUT2D eigenvalue weighted by Gasteiger charge is 2.08. The molecule has 1 aromatic heterocycles. The molecule has 0 spiro atoms. The lowest BCUT2D eigenvalue weighted by molar-refractivity contribution is -0.119. The summed E-state index contributed by atoms with van der Waals surface area (Å²) in [6.45, 7) is 2.16. The van der Waals surface area contributed by atoms with Crippen molar-refractivity contribution in [1.82, 2.24) is 25.5 Å². The fraction of sp³-hybridized carbons (Fsp3) is 0.438. The first-order chi connectivity index (χ1) is 11.6. The summed E-state index contributed by atoms with van der Waals surface area (Å²) in [5, 5.41) is 17.0. The molecular formula is C16H22N6O2. The molecule has 0 atom stereocenters. The van der Waals surface area contributed by atoms with Crippen LogP contribution in [-0.2, 0) is 16.6 Å². The molecule has 8 heteroatoms. The molecule has 0 saturated carbocycles. The minimum absolute atomic E-state index is 0.0225. The van der Waals surface area contributed by atoms with Crippen LogP contribution in [0.5, 0.6) is 0 Å². The largest absolute Gasteiger partial charge is 0.356 e. The Labute approximate surface area is 140 Å². The first kappa shape index (κ1) is 17.6. The topological polar surface area (TPSA) is 102 Å². The molecule has 1 aromatic carbocycles. The van der Waals surface area contributed by atoms with Crippen molar-refractivity contribution in [3.63, 3.8) is 0 Å². The summed E-state index contributed by atoms with van der Waals surface area (Å²) in [5.74, 6) is 0.595. The van der Waals surface area contributed by atoms with Gasteiger partial charge in [-0.3, -0.25) is 9.59 Å². The summed E-state index contributed by atoms with van der Waals surface area (Å²) < 4.78 is 1.58. The van der Waals surface area contributed by atoms with Crippen molar-refractivity contribution in [3.05, 3.63) is 24.3 Å². The standard InChI is InChI=1S/C16H22N6O2/c1-12(23)17-10-5-3-4-9-15(24)18-14-8-6-7-13(11-14)16-19-20-21-22(16)2/h6-8,11H,3-5,9-10H2,1-2H3,(H,17,23)(H,18,24). The molecule has 24 heavy (non-hydrogen) atoms. The van der Waals surface area contributed by atoms with E-state index in [-0.39, 0.29) is 11.8 Å². The van der Waals surface area contributed by atoms with Crippen molar-refractivity contribution in [2.75, 3.05) is 11.9 Å². The molecule has 0 radical (unpaired) electrons. The average Bonchev–Trinajstić information content (AvgIpc) is 2.97. The maximum atomic E-state index is 12.0. The number of anilines is 1. The number of rotatable bonds is 8. The number of hydrogen-bond donors (Lipinski definition) is 2. The molecule has 8 nitrogen and oxygen atoms in total. The lowest BCUT2D eigenvalue weighted by atomic mass is 10.1. The molecule has 0 fully saturated rings. The van der Waals surface area contributed by atoms with E-state index in [1.54, 1.807) is 11.7 Å². The SMILES string of the molecule is CC(=O)NCCCCCC(=O)Nc1cccc(-c2nnnn2C)c1. The molecule has 128 valence electrons. The van der Waals surface area contributed by atoms with Gasteiger partial charge in [-0.15, -0.1) is 5.10 Å². The number of tetrazole rings is 1. The predicted octanol–water partition coefficient (Wildman–Crippen LogP) is 1.51. The van der Waals surface area contributed by atoms with Gasteiger partial charge in [0.25, 0.3) is 0 Å². The minimum Gasteiger partial charge on any atom is -0.356 e. The monoisotopic (exact) mass is 330 g/mol. The van der Waals surface area contributed by atoms with E-state index < -0.39 is 0 Å². The van der Waals surface area contributed by atoms with Crippen LogP contribution >= 0.6 is 0 Å². The highest BCUT2D eigenvalue weighted by Crippen LogP contribution is 2.19. The van der Waals surface area contributed by atoms with Crippen molar-refractivity contribution in [3.8, 4) is 11.4 Å². The van der Waals surface area contributed by atoms with Crippen molar-refractivity contribution in [2.45, 2.75) is 32.6 Å². The van der Waals surface area contributed by atoms with Crippen molar-refractivity contribution < 1.29 is 9.59 Å². The molecule has 2 amide bonds. The Balaban J connectivity index is 1.78. The van der Waals surface area contributed by atoms with E-state index >= 15 is 0 Å². The van der Waals surface area contributed by atoms with E-state index in [1.165, 1.54) is 6.92 Å². The fourth-order valence-electron chi connectivity index (χ4n) is 2.29. The Morgan fingerprint density at radius 2 is 2.04 bits per heavy atom. The number of benzene rings is 1. The van der Waals surface area contributed by atoms with Gasteiger partial charge >= 0.3 is 0 Å². The lowest BCUT2D eigenvalue weighted by Gasteiger charge is -2.07. The second-order valence-electron chi connectivity index (χ2n) is 5.55. The van der Waals surface area contributed by atoms with Crippen LogP contribution in [0.2, 0.25) is 0 Å². The van der Waals surface area contributed by atoms with Gasteiger partial charge in [-0.1, -0.05) is 18.6 Å². The molecule has 0 saturated heterocycles. The molecule has 2 aromatic rings. The normalized spacial score (nSPS) is 10.4. The van der Waals surface area contributed by atoms with E-state index in [2.05, 4.69) is 26.2 Å². The molecule has 0 bridgehead atoms. The number of aromatic nitrogens is 4. The van der Waals surface area contributed by atoms with Crippen LogP contribution < -0.4 is 10.6 Å². The minimum atomic E-state index is -0.0252. The van der Waals surface area contributed by atoms with Crippen molar-refractivity contribution in [1.29, 1.82) is 0 Å². The van der Waals surface area contributed by atoms with Gasteiger partial charge < -0.3 is 10.6 Å². The third-order valence-corrected chi connectivity index (χ3v) is 3.48. The van der Waals surface area contributed by atoms with Gasteiger partial charge in [0.1, 0.15) is 0 Å². The summed E-state index contributed by atoms with van der Waals surface area (Å²) in [4.78, 5) is 22.7. The maximum Gasteiger partial charge on any atom is 0.224 e. The molecule has 2 rings (SSSR count). The zero-order valence-corrected chi connectivity index (χ0v) is 14.0. The van der Waals surface area contributed by atoms with Gasteiger partial charge in [-0.2, -0.15) is 0 Å². The van der Waals surface area contributed by atoms with Gasteiger partial charge in [-0.05, 0) is 35.4 Å². The number of carbonyl (C=O) groups is 2. The molecule has 0 aliphatic carbocycles. The highest BCUT2D eigenvalue weighted by molar-refractivity contribution is 5.91. The molecule has 0 unspecified atom stereocenters. The second-order valence-corrected chi connectivity index (χ2v) is 5.55. The quantitative estimate of drug-likeness (QED) is 0.714. The van der Waals surface area contributed by atoms with Crippen LogP contribution in [0.3, 0.4) is 0 Å². The second kappa shape index (κ2) is 8.76. The van der Waals surface area contributed by atoms with Crippen LogP contribution in [0.4, 0.5) is 5.69 Å². The van der Waals surface area contributed by atoms with Crippen LogP contribution in [0, 0.1) is 0 Å². The van der Waals surface area contributed by atoms with Crippen LogP contribution in [0.1, 0.15) is 32.6 Å². The van der Waals surface area contributed by atoms with Gasteiger partial charge in [-0.25, -0.2) is 4.68 Å². The summed E-state index contributed by atoms with van der Waals surface area (Å²) in [6.07, 6.45) is 3.02. The molecule has 2 N–H and O–H groups in total. The van der Waals surface area contributed by atoms with Crippen molar-refractivity contribution in [2.24, 2.45) is 7.05 Å². The zero-order chi connectivity index (χ0) is 17.4. The van der Waals surface area contributed by atoms with Crippen LogP contribution in [0.25, 0.3) is 11.4 Å². The first-order valence-electron chi connectivity index (χ1n) is 7.93. The Morgan fingerprint density at radius 3 is 2.75 bits per heavy atom. The molecule has 0 aliphatic heterocycles. The van der Waals surface area contributed by atoms with Gasteiger partial charge in [0.15, 0.2) is 5.82 Å². The zero-order valence-electron chi connectivity index (χ0n) is 14.0. The number of unbranched alkanes of at least 4 members (excludes halogenated alkanes) is 2. The maximum absolute atomic E-state index is 12.0.